The highest BCUT2D eigenvalue weighted by atomic mass is 16.5. The molecule has 31 heavy (non-hydrogen) atoms. The lowest BCUT2D eigenvalue weighted by atomic mass is 10.0. The molecule has 1 aromatic heterocycles. The number of nitrogens with zero attached hydrogens (tertiary/aromatic N) is 3. The van der Waals surface area contributed by atoms with Crippen LogP contribution in [0.5, 0.6) is 11.5 Å². The number of hydrogen-bond donors (Lipinski definition) is 1. The summed E-state index contributed by atoms with van der Waals surface area (Å²) in [7, 11) is 1.69. The first-order chi connectivity index (χ1) is 15.2. The number of ether oxygens (including phenoxy) is 2. The minimum atomic E-state index is 0.0676. The molecule has 0 saturated heterocycles. The summed E-state index contributed by atoms with van der Waals surface area (Å²) < 4.78 is 13.6. The van der Waals surface area contributed by atoms with Crippen molar-refractivity contribution in [3.8, 4) is 11.5 Å². The Balaban J connectivity index is 1.16. The molecule has 0 spiro atoms. The number of imidazole rings is 1. The average Bonchev–Trinajstić information content (AvgIpc) is 3.16. The van der Waals surface area contributed by atoms with Gasteiger partial charge in [-0.1, -0.05) is 24.3 Å². The molecule has 0 unspecified atom stereocenters. The van der Waals surface area contributed by atoms with Crippen LogP contribution in [0.4, 0.5) is 5.69 Å². The van der Waals surface area contributed by atoms with E-state index in [2.05, 4.69) is 26.9 Å². The van der Waals surface area contributed by atoms with Gasteiger partial charge in [0.15, 0.2) is 0 Å². The summed E-state index contributed by atoms with van der Waals surface area (Å²) in [5.74, 6) is 2.74. The Morgan fingerprint density at radius 1 is 1.16 bits per heavy atom. The van der Waals surface area contributed by atoms with Crippen LogP contribution in [0, 0.1) is 0 Å². The Morgan fingerprint density at radius 2 is 2.10 bits per heavy atom. The summed E-state index contributed by atoms with van der Waals surface area (Å²) in [6, 6.07) is 12.0. The van der Waals surface area contributed by atoms with Gasteiger partial charge in [0.1, 0.15) is 29.4 Å². The highest BCUT2D eigenvalue weighted by molar-refractivity contribution is 5.94. The normalized spacial score (nSPS) is 16.2. The van der Waals surface area contributed by atoms with Crippen LogP contribution in [0.15, 0.2) is 48.6 Å². The second-order valence-electron chi connectivity index (χ2n) is 7.89. The number of para-hydroxylation sites is 1. The molecular formula is C24H26N4O3. The molecule has 0 fully saturated rings. The number of rotatable bonds is 6. The van der Waals surface area contributed by atoms with Gasteiger partial charge >= 0.3 is 0 Å². The number of amides is 1. The molecule has 3 heterocycles. The molecule has 2 aliphatic rings. The van der Waals surface area contributed by atoms with E-state index in [1.807, 2.05) is 36.4 Å². The lowest BCUT2D eigenvalue weighted by Gasteiger charge is -2.26. The Morgan fingerprint density at radius 3 is 3.00 bits per heavy atom. The van der Waals surface area contributed by atoms with Gasteiger partial charge in [-0.3, -0.25) is 9.69 Å². The van der Waals surface area contributed by atoms with Gasteiger partial charge < -0.3 is 19.4 Å². The Hall–Kier alpha value is -3.32. The number of carbonyl (C=O) groups excluding carboxylic acids is 1. The quantitative estimate of drug-likeness (QED) is 0.622. The van der Waals surface area contributed by atoms with Gasteiger partial charge in [-0.15, -0.1) is 0 Å². The lowest BCUT2D eigenvalue weighted by molar-refractivity contribution is -0.116. The van der Waals surface area contributed by atoms with E-state index < -0.39 is 0 Å². The number of methoxy groups -OCH3 is 1. The molecule has 0 aliphatic carbocycles. The van der Waals surface area contributed by atoms with Crippen molar-refractivity contribution in [2.75, 3.05) is 32.1 Å². The molecule has 0 saturated carbocycles. The number of fused-ring (bicyclic) bond motifs is 4. The van der Waals surface area contributed by atoms with Crippen LogP contribution in [0.1, 0.15) is 17.8 Å². The molecule has 0 radical (unpaired) electrons. The number of benzene rings is 2. The molecule has 2 aliphatic heterocycles. The molecule has 2 aromatic carbocycles. The van der Waals surface area contributed by atoms with Crippen molar-refractivity contribution < 1.29 is 14.3 Å². The minimum Gasteiger partial charge on any atom is -0.494 e. The monoisotopic (exact) mass is 418 g/mol. The van der Waals surface area contributed by atoms with Crippen LogP contribution >= 0.6 is 0 Å². The molecular weight excluding hydrogens is 392 g/mol. The Kier molecular flexibility index (Phi) is 5.34. The predicted octanol–water partition coefficient (Wildman–Crippen LogP) is 3.38. The van der Waals surface area contributed by atoms with Crippen LogP contribution in [0.2, 0.25) is 0 Å². The molecule has 1 amide bonds. The summed E-state index contributed by atoms with van der Waals surface area (Å²) in [6.07, 6.45) is 5.52. The lowest BCUT2D eigenvalue weighted by Crippen LogP contribution is -2.33. The fraction of sp³-hybridized carbons (Fsp3) is 0.333. The zero-order valence-electron chi connectivity index (χ0n) is 17.6. The molecule has 1 N–H and O–H groups in total. The van der Waals surface area contributed by atoms with Crippen molar-refractivity contribution in [2.24, 2.45) is 0 Å². The first-order valence-electron chi connectivity index (χ1n) is 10.7. The van der Waals surface area contributed by atoms with Crippen molar-refractivity contribution in [3.05, 3.63) is 59.9 Å². The number of nitrogens with one attached hydrogen (secondary N) is 1. The maximum Gasteiger partial charge on any atom is 0.224 e. The second-order valence-corrected chi connectivity index (χ2v) is 7.89. The zero-order chi connectivity index (χ0) is 21.2. The van der Waals surface area contributed by atoms with Gasteiger partial charge in [-0.2, -0.15) is 0 Å². The van der Waals surface area contributed by atoms with E-state index in [0.29, 0.717) is 13.0 Å². The number of aromatic nitrogens is 2. The van der Waals surface area contributed by atoms with Gasteiger partial charge in [0.2, 0.25) is 5.91 Å². The number of aryl methyl sites for hydroxylation is 1. The van der Waals surface area contributed by atoms with Crippen LogP contribution in [-0.4, -0.2) is 47.2 Å². The molecule has 3 aromatic rings. The SMILES string of the molecule is COc1cccc2c1nc1n2CCN(C/C=C/COc2ccc3c(c2)NC(=O)CC3)C1. The van der Waals surface area contributed by atoms with Crippen LogP contribution in [-0.2, 0) is 24.3 Å². The van der Waals surface area contributed by atoms with Gasteiger partial charge in [0, 0.05) is 37.8 Å². The van der Waals surface area contributed by atoms with Gasteiger partial charge in [-0.25, -0.2) is 4.98 Å². The molecule has 7 heteroatoms. The number of hydrogen-bond acceptors (Lipinski definition) is 5. The molecule has 160 valence electrons. The highest BCUT2D eigenvalue weighted by Crippen LogP contribution is 2.28. The first kappa shape index (κ1) is 19.6. The highest BCUT2D eigenvalue weighted by Gasteiger charge is 2.20. The van der Waals surface area contributed by atoms with E-state index in [-0.39, 0.29) is 5.91 Å². The van der Waals surface area contributed by atoms with Crippen molar-refractivity contribution in [1.82, 2.24) is 14.5 Å². The molecule has 0 atom stereocenters. The van der Waals surface area contributed by atoms with Gasteiger partial charge in [-0.05, 0) is 30.2 Å². The van der Waals surface area contributed by atoms with E-state index in [1.165, 1.54) is 0 Å². The van der Waals surface area contributed by atoms with E-state index in [1.54, 1.807) is 7.11 Å². The Labute approximate surface area is 181 Å². The number of carbonyl (C=O) groups is 1. The standard InChI is InChI=1S/C24H26N4O3/c1-30-21-6-4-5-20-24(21)26-22-16-27(12-13-28(20)22)11-2-3-14-31-18-9-7-17-8-10-23(29)25-19(17)15-18/h2-7,9,15H,8,10-14,16H2,1H3,(H,25,29)/b3-2+. The summed E-state index contributed by atoms with van der Waals surface area (Å²) in [6.45, 7) is 4.06. The van der Waals surface area contributed by atoms with Crippen LogP contribution < -0.4 is 14.8 Å². The summed E-state index contributed by atoms with van der Waals surface area (Å²) >= 11 is 0. The second kappa shape index (κ2) is 8.43. The molecule has 7 nitrogen and oxygen atoms in total. The number of anilines is 1. The molecule has 5 rings (SSSR count). The van der Waals surface area contributed by atoms with E-state index in [0.717, 1.165) is 72.2 Å². The van der Waals surface area contributed by atoms with Crippen molar-refractivity contribution >= 4 is 22.6 Å². The van der Waals surface area contributed by atoms with Crippen LogP contribution in [0.25, 0.3) is 11.0 Å². The maximum atomic E-state index is 11.6. The van der Waals surface area contributed by atoms with E-state index >= 15 is 0 Å². The third kappa shape index (κ3) is 4.01. The maximum absolute atomic E-state index is 11.6. The average molecular weight is 418 g/mol. The van der Waals surface area contributed by atoms with Gasteiger partial charge in [0.05, 0.1) is 19.2 Å². The van der Waals surface area contributed by atoms with Crippen molar-refractivity contribution in [3.63, 3.8) is 0 Å². The van der Waals surface area contributed by atoms with Crippen LogP contribution in [0.3, 0.4) is 0 Å². The third-order valence-electron chi connectivity index (χ3n) is 5.90. The summed E-state index contributed by atoms with van der Waals surface area (Å²) in [4.78, 5) is 18.8. The summed E-state index contributed by atoms with van der Waals surface area (Å²) in [5, 5.41) is 2.91. The molecule has 0 bridgehead atoms. The predicted molar refractivity (Wildman–Crippen MR) is 120 cm³/mol. The topological polar surface area (TPSA) is 68.6 Å². The van der Waals surface area contributed by atoms with Gasteiger partial charge in [0.25, 0.3) is 0 Å². The minimum absolute atomic E-state index is 0.0676. The van der Waals surface area contributed by atoms with E-state index in [4.69, 9.17) is 14.5 Å². The smallest absolute Gasteiger partial charge is 0.224 e. The Bertz CT molecular complexity index is 1150. The third-order valence-corrected chi connectivity index (χ3v) is 5.90. The summed E-state index contributed by atoms with van der Waals surface area (Å²) in [5.41, 5.74) is 4.10. The van der Waals surface area contributed by atoms with E-state index in [9.17, 15) is 4.79 Å². The first-order valence-corrected chi connectivity index (χ1v) is 10.7. The largest absolute Gasteiger partial charge is 0.494 e. The fourth-order valence-corrected chi connectivity index (χ4v) is 4.26. The van der Waals surface area contributed by atoms with Crippen molar-refractivity contribution in [1.29, 1.82) is 0 Å². The van der Waals surface area contributed by atoms with Crippen molar-refractivity contribution in [2.45, 2.75) is 25.9 Å². The fourth-order valence-electron chi connectivity index (χ4n) is 4.26. The zero-order valence-corrected chi connectivity index (χ0v) is 17.6.